The third kappa shape index (κ3) is 3.94. The Morgan fingerprint density at radius 1 is 1.26 bits per heavy atom. The molecule has 19 heavy (non-hydrogen) atoms. The number of nitro benzene ring substituents is 1. The number of hydrogen-bond acceptors (Lipinski definition) is 3. The summed E-state index contributed by atoms with van der Waals surface area (Å²) in [6, 6.07) is 5.75. The average Bonchev–Trinajstić information content (AvgIpc) is 2.27. The van der Waals surface area contributed by atoms with Crippen LogP contribution in [0.3, 0.4) is 0 Å². The lowest BCUT2D eigenvalue weighted by Gasteiger charge is -2.30. The lowest BCUT2D eigenvalue weighted by molar-refractivity contribution is -0.384. The summed E-state index contributed by atoms with van der Waals surface area (Å²) in [4.78, 5) is 24.0. The Bertz CT molecular complexity index is 464. The number of anilines is 1. The molecule has 1 aromatic carbocycles. The molecule has 0 aliphatic heterocycles. The van der Waals surface area contributed by atoms with E-state index in [1.54, 1.807) is 17.0 Å². The fraction of sp³-hybridized carbons (Fsp3) is 0.462. The van der Waals surface area contributed by atoms with Crippen LogP contribution in [0.2, 0.25) is 0 Å². The predicted octanol–water partition coefficient (Wildman–Crippen LogP) is 3.25. The summed E-state index contributed by atoms with van der Waals surface area (Å²) in [5.74, 6) is 0. The van der Waals surface area contributed by atoms with Gasteiger partial charge in [0.25, 0.3) is 5.69 Å². The van der Waals surface area contributed by atoms with E-state index in [0.29, 0.717) is 5.69 Å². The summed E-state index contributed by atoms with van der Waals surface area (Å²) in [6.45, 7) is 7.69. The number of benzene rings is 1. The zero-order valence-electron chi connectivity index (χ0n) is 11.6. The highest BCUT2D eigenvalue weighted by molar-refractivity contribution is 5.90. The van der Waals surface area contributed by atoms with Crippen molar-refractivity contribution in [1.29, 1.82) is 0 Å². The molecule has 1 aromatic rings. The first kappa shape index (κ1) is 14.9. The summed E-state index contributed by atoms with van der Waals surface area (Å²) < 4.78 is 0. The molecule has 0 saturated carbocycles. The Kier molecular flexibility index (Phi) is 4.86. The van der Waals surface area contributed by atoms with E-state index >= 15 is 0 Å². The third-order valence-corrected chi connectivity index (χ3v) is 2.66. The van der Waals surface area contributed by atoms with Crippen LogP contribution in [0.15, 0.2) is 24.3 Å². The molecule has 0 heterocycles. The minimum Gasteiger partial charge on any atom is -0.320 e. The standard InChI is InChI=1S/C13H19N3O3/c1-9(2)15(10(3)4)13(17)14-11-6-5-7-12(8-11)16(18)19/h5-10H,1-4H3,(H,14,17). The largest absolute Gasteiger partial charge is 0.322 e. The Morgan fingerprint density at radius 3 is 2.32 bits per heavy atom. The van der Waals surface area contributed by atoms with Gasteiger partial charge in [0.1, 0.15) is 0 Å². The second-order valence-electron chi connectivity index (χ2n) is 4.83. The second-order valence-corrected chi connectivity index (χ2v) is 4.83. The predicted molar refractivity (Wildman–Crippen MR) is 74.2 cm³/mol. The fourth-order valence-corrected chi connectivity index (χ4v) is 1.95. The van der Waals surface area contributed by atoms with Gasteiger partial charge in [-0.25, -0.2) is 4.79 Å². The summed E-state index contributed by atoms with van der Waals surface area (Å²) in [5, 5.41) is 13.4. The van der Waals surface area contributed by atoms with Crippen LogP contribution in [0, 0.1) is 10.1 Å². The monoisotopic (exact) mass is 265 g/mol. The highest BCUT2D eigenvalue weighted by atomic mass is 16.6. The van der Waals surface area contributed by atoms with E-state index in [0.717, 1.165) is 0 Å². The van der Waals surface area contributed by atoms with E-state index in [1.165, 1.54) is 12.1 Å². The molecule has 1 N–H and O–H groups in total. The van der Waals surface area contributed by atoms with E-state index in [-0.39, 0.29) is 23.8 Å². The first-order valence-electron chi connectivity index (χ1n) is 6.16. The molecular weight excluding hydrogens is 246 g/mol. The number of carbonyl (C=O) groups excluding carboxylic acids is 1. The molecular formula is C13H19N3O3. The topological polar surface area (TPSA) is 75.5 Å². The molecule has 0 unspecified atom stereocenters. The maximum absolute atomic E-state index is 12.1. The van der Waals surface area contributed by atoms with Crippen molar-refractivity contribution in [2.75, 3.05) is 5.32 Å². The van der Waals surface area contributed by atoms with Crippen molar-refractivity contribution in [3.05, 3.63) is 34.4 Å². The zero-order valence-corrected chi connectivity index (χ0v) is 11.6. The minimum absolute atomic E-state index is 0.0431. The Balaban J connectivity index is 2.87. The molecule has 2 amide bonds. The van der Waals surface area contributed by atoms with Crippen LogP contribution in [0.5, 0.6) is 0 Å². The minimum atomic E-state index is -0.488. The highest BCUT2D eigenvalue weighted by Gasteiger charge is 2.20. The number of nitrogens with zero attached hydrogens (tertiary/aromatic N) is 2. The van der Waals surface area contributed by atoms with Crippen molar-refractivity contribution in [2.24, 2.45) is 0 Å². The number of urea groups is 1. The van der Waals surface area contributed by atoms with Crippen LogP contribution in [0.25, 0.3) is 0 Å². The molecule has 0 aromatic heterocycles. The molecule has 0 spiro atoms. The van der Waals surface area contributed by atoms with E-state index in [2.05, 4.69) is 5.32 Å². The number of carbonyl (C=O) groups is 1. The number of hydrogen-bond donors (Lipinski definition) is 1. The molecule has 0 radical (unpaired) electrons. The Morgan fingerprint density at radius 2 is 1.84 bits per heavy atom. The molecule has 0 aliphatic carbocycles. The van der Waals surface area contributed by atoms with Gasteiger partial charge in [-0.1, -0.05) is 6.07 Å². The normalized spacial score (nSPS) is 10.6. The van der Waals surface area contributed by atoms with Gasteiger partial charge in [0.05, 0.1) is 4.92 Å². The number of amides is 2. The zero-order chi connectivity index (χ0) is 14.6. The van der Waals surface area contributed by atoms with Crippen LogP contribution in [-0.2, 0) is 0 Å². The van der Waals surface area contributed by atoms with E-state index < -0.39 is 4.92 Å². The fourth-order valence-electron chi connectivity index (χ4n) is 1.95. The van der Waals surface area contributed by atoms with Crippen molar-refractivity contribution < 1.29 is 9.72 Å². The van der Waals surface area contributed by atoms with Crippen molar-refractivity contribution in [1.82, 2.24) is 4.90 Å². The molecule has 0 saturated heterocycles. The summed E-state index contributed by atoms with van der Waals surface area (Å²) >= 11 is 0. The smallest absolute Gasteiger partial charge is 0.320 e. The van der Waals surface area contributed by atoms with Crippen LogP contribution in [-0.4, -0.2) is 27.9 Å². The van der Waals surface area contributed by atoms with Crippen molar-refractivity contribution in [3.8, 4) is 0 Å². The molecule has 0 fully saturated rings. The maximum atomic E-state index is 12.1. The van der Waals surface area contributed by atoms with Crippen molar-refractivity contribution in [3.63, 3.8) is 0 Å². The molecule has 6 heteroatoms. The number of nitro groups is 1. The molecule has 0 aliphatic rings. The first-order valence-corrected chi connectivity index (χ1v) is 6.16. The van der Waals surface area contributed by atoms with Crippen LogP contribution >= 0.6 is 0 Å². The van der Waals surface area contributed by atoms with Crippen LogP contribution < -0.4 is 5.32 Å². The lowest BCUT2D eigenvalue weighted by atomic mass is 10.2. The number of nitrogens with one attached hydrogen (secondary N) is 1. The summed E-state index contributed by atoms with van der Waals surface area (Å²) in [7, 11) is 0. The number of rotatable bonds is 4. The molecule has 0 bridgehead atoms. The quantitative estimate of drug-likeness (QED) is 0.670. The first-order chi connectivity index (χ1) is 8.82. The third-order valence-electron chi connectivity index (χ3n) is 2.66. The van der Waals surface area contributed by atoms with Crippen LogP contribution in [0.1, 0.15) is 27.7 Å². The van der Waals surface area contributed by atoms with Gasteiger partial charge in [-0.2, -0.15) is 0 Å². The summed E-state index contributed by atoms with van der Waals surface area (Å²) in [5.41, 5.74) is 0.379. The SMILES string of the molecule is CC(C)N(C(=O)Nc1cccc([N+](=O)[O-])c1)C(C)C. The van der Waals surface area contributed by atoms with Gasteiger partial charge in [-0.3, -0.25) is 10.1 Å². The Hall–Kier alpha value is -2.11. The molecule has 6 nitrogen and oxygen atoms in total. The van der Waals surface area contributed by atoms with Gasteiger partial charge in [-0.05, 0) is 33.8 Å². The van der Waals surface area contributed by atoms with Crippen molar-refractivity contribution >= 4 is 17.4 Å². The average molecular weight is 265 g/mol. The van der Waals surface area contributed by atoms with Gasteiger partial charge in [0.2, 0.25) is 0 Å². The van der Waals surface area contributed by atoms with Gasteiger partial charge in [0.15, 0.2) is 0 Å². The summed E-state index contributed by atoms with van der Waals surface area (Å²) in [6.07, 6.45) is 0. The molecule has 0 atom stereocenters. The lowest BCUT2D eigenvalue weighted by Crippen LogP contribution is -2.44. The van der Waals surface area contributed by atoms with E-state index in [1.807, 2.05) is 27.7 Å². The van der Waals surface area contributed by atoms with Crippen LogP contribution in [0.4, 0.5) is 16.2 Å². The van der Waals surface area contributed by atoms with Gasteiger partial charge in [-0.15, -0.1) is 0 Å². The highest BCUT2D eigenvalue weighted by Crippen LogP contribution is 2.18. The van der Waals surface area contributed by atoms with Gasteiger partial charge < -0.3 is 10.2 Å². The van der Waals surface area contributed by atoms with Crippen molar-refractivity contribution in [2.45, 2.75) is 39.8 Å². The van der Waals surface area contributed by atoms with E-state index in [4.69, 9.17) is 0 Å². The Labute approximate surface area is 112 Å². The molecule has 1 rings (SSSR count). The van der Waals surface area contributed by atoms with Gasteiger partial charge >= 0.3 is 6.03 Å². The second kappa shape index (κ2) is 6.17. The maximum Gasteiger partial charge on any atom is 0.322 e. The number of non-ortho nitro benzene ring substituents is 1. The molecule has 104 valence electrons. The van der Waals surface area contributed by atoms with Gasteiger partial charge in [0, 0.05) is 29.9 Å². The van der Waals surface area contributed by atoms with E-state index in [9.17, 15) is 14.9 Å².